The molecule has 0 saturated heterocycles. The first-order valence-corrected chi connectivity index (χ1v) is 6.99. The molecule has 1 aliphatic rings. The van der Waals surface area contributed by atoms with Gasteiger partial charge in [0.05, 0.1) is 12.7 Å². The molecule has 0 saturated carbocycles. The summed E-state index contributed by atoms with van der Waals surface area (Å²) in [6, 6.07) is 9.44. The van der Waals surface area contributed by atoms with Gasteiger partial charge in [-0.3, -0.25) is 0 Å². The normalized spacial score (nSPS) is 13.0. The maximum Gasteiger partial charge on any atom is 0.337 e. The molecular weight excluding hydrogens is 307 g/mol. The average Bonchev–Trinajstić information content (AvgIpc) is 2.53. The van der Waals surface area contributed by atoms with Crippen molar-refractivity contribution in [2.45, 2.75) is 0 Å². The summed E-state index contributed by atoms with van der Waals surface area (Å²) in [7, 11) is 1.31. The molecule has 1 heterocycles. The van der Waals surface area contributed by atoms with Gasteiger partial charge >= 0.3 is 5.97 Å². The quantitative estimate of drug-likeness (QED) is 0.782. The van der Waals surface area contributed by atoms with E-state index < -0.39 is 11.8 Å². The number of benzene rings is 2. The first-order valence-electron chi connectivity index (χ1n) is 6.61. The summed E-state index contributed by atoms with van der Waals surface area (Å²) < 4.78 is 24.4. The predicted molar refractivity (Wildman–Crippen MR) is 81.8 cm³/mol. The van der Waals surface area contributed by atoms with Crippen molar-refractivity contribution in [3.63, 3.8) is 0 Å². The number of carbonyl (C=O) groups excluding carboxylic acids is 1. The van der Waals surface area contributed by atoms with Crippen LogP contribution in [-0.4, -0.2) is 19.7 Å². The number of ether oxygens (including phenoxy) is 2. The molecule has 0 bridgehead atoms. The van der Waals surface area contributed by atoms with Gasteiger partial charge in [0.2, 0.25) is 0 Å². The van der Waals surface area contributed by atoms with Crippen molar-refractivity contribution in [1.29, 1.82) is 0 Å². The molecule has 0 aliphatic carbocycles. The fourth-order valence-electron chi connectivity index (χ4n) is 2.40. The van der Waals surface area contributed by atoms with E-state index in [1.54, 1.807) is 36.4 Å². The van der Waals surface area contributed by atoms with Crippen LogP contribution in [0.2, 0.25) is 5.02 Å². The fraction of sp³-hybridized carbons (Fsp3) is 0.118. The first kappa shape index (κ1) is 14.6. The van der Waals surface area contributed by atoms with Crippen molar-refractivity contribution >= 4 is 23.1 Å². The van der Waals surface area contributed by atoms with Gasteiger partial charge in [-0.25, -0.2) is 9.18 Å². The van der Waals surface area contributed by atoms with Gasteiger partial charge in [-0.15, -0.1) is 0 Å². The van der Waals surface area contributed by atoms with Crippen LogP contribution in [0, 0.1) is 5.82 Å². The van der Waals surface area contributed by atoms with Crippen LogP contribution in [0.5, 0.6) is 5.75 Å². The van der Waals surface area contributed by atoms with Crippen LogP contribution in [0.4, 0.5) is 4.39 Å². The van der Waals surface area contributed by atoms with Crippen LogP contribution in [0.3, 0.4) is 0 Å². The number of fused-ring (bicyclic) bond motifs is 1. The predicted octanol–water partition coefficient (Wildman–Crippen LogP) is 4.09. The van der Waals surface area contributed by atoms with Gasteiger partial charge in [-0.1, -0.05) is 11.6 Å². The Balaban J connectivity index is 2.12. The Bertz CT molecular complexity index is 783. The van der Waals surface area contributed by atoms with Crippen molar-refractivity contribution in [3.8, 4) is 5.75 Å². The second-order valence-corrected chi connectivity index (χ2v) is 5.19. The Morgan fingerprint density at radius 3 is 2.77 bits per heavy atom. The molecule has 0 aromatic heterocycles. The Morgan fingerprint density at radius 1 is 1.23 bits per heavy atom. The van der Waals surface area contributed by atoms with Gasteiger partial charge in [-0.2, -0.15) is 0 Å². The van der Waals surface area contributed by atoms with Crippen LogP contribution < -0.4 is 4.74 Å². The third-order valence-electron chi connectivity index (χ3n) is 3.44. The Labute approximate surface area is 131 Å². The topological polar surface area (TPSA) is 35.5 Å². The van der Waals surface area contributed by atoms with Crippen molar-refractivity contribution < 1.29 is 18.7 Å². The van der Waals surface area contributed by atoms with Gasteiger partial charge in [0, 0.05) is 16.1 Å². The summed E-state index contributed by atoms with van der Waals surface area (Å²) in [5.74, 6) is -0.279. The van der Waals surface area contributed by atoms with Crippen molar-refractivity contribution in [2.75, 3.05) is 13.7 Å². The summed E-state index contributed by atoms with van der Waals surface area (Å²) in [5.41, 5.74) is 2.11. The minimum atomic E-state index is -0.454. The molecule has 22 heavy (non-hydrogen) atoms. The number of halogens is 2. The second kappa shape index (κ2) is 5.81. The van der Waals surface area contributed by atoms with E-state index in [0.717, 1.165) is 0 Å². The van der Waals surface area contributed by atoms with Gasteiger partial charge in [0.25, 0.3) is 0 Å². The SMILES string of the molecule is COC(=O)c1ccc2c(c1)C(c1ccc(Cl)cc1F)=CCO2. The molecule has 3 nitrogen and oxygen atoms in total. The molecule has 0 radical (unpaired) electrons. The Hall–Kier alpha value is -2.33. The molecule has 2 aromatic rings. The zero-order valence-corrected chi connectivity index (χ0v) is 12.5. The van der Waals surface area contributed by atoms with E-state index in [4.69, 9.17) is 21.1 Å². The molecule has 2 aromatic carbocycles. The molecule has 1 aliphatic heterocycles. The minimum Gasteiger partial charge on any atom is -0.489 e. The van der Waals surface area contributed by atoms with Crippen LogP contribution in [0.1, 0.15) is 21.5 Å². The largest absolute Gasteiger partial charge is 0.489 e. The Kier molecular flexibility index (Phi) is 3.86. The summed E-state index contributed by atoms with van der Waals surface area (Å²) in [5, 5.41) is 0.331. The lowest BCUT2D eigenvalue weighted by Crippen LogP contribution is -2.09. The van der Waals surface area contributed by atoms with Crippen molar-refractivity contribution in [3.05, 3.63) is 70.0 Å². The number of hydrogen-bond acceptors (Lipinski definition) is 3. The van der Waals surface area contributed by atoms with E-state index in [1.807, 2.05) is 0 Å². The number of rotatable bonds is 2. The summed E-state index contributed by atoms with van der Waals surface area (Å²) in [4.78, 5) is 11.7. The van der Waals surface area contributed by atoms with Gasteiger partial charge in [0.15, 0.2) is 0 Å². The highest BCUT2D eigenvalue weighted by Gasteiger charge is 2.20. The number of methoxy groups -OCH3 is 1. The molecular formula is C17H12ClFO3. The molecule has 0 unspecified atom stereocenters. The lowest BCUT2D eigenvalue weighted by molar-refractivity contribution is 0.0600. The Morgan fingerprint density at radius 2 is 2.05 bits per heavy atom. The van der Waals surface area contributed by atoms with Crippen LogP contribution >= 0.6 is 11.6 Å². The lowest BCUT2D eigenvalue weighted by Gasteiger charge is -2.20. The van der Waals surface area contributed by atoms with E-state index in [1.165, 1.54) is 13.2 Å². The molecule has 0 amide bonds. The fourth-order valence-corrected chi connectivity index (χ4v) is 2.56. The van der Waals surface area contributed by atoms with Gasteiger partial charge in [-0.05, 0) is 48.0 Å². The highest BCUT2D eigenvalue weighted by molar-refractivity contribution is 6.30. The summed E-state index contributed by atoms with van der Waals surface area (Å²) in [6.07, 6.45) is 1.77. The smallest absolute Gasteiger partial charge is 0.337 e. The highest BCUT2D eigenvalue weighted by atomic mass is 35.5. The first-order chi connectivity index (χ1) is 10.6. The zero-order valence-electron chi connectivity index (χ0n) is 11.7. The molecule has 5 heteroatoms. The molecule has 0 N–H and O–H groups in total. The van der Waals surface area contributed by atoms with Crippen LogP contribution in [0.15, 0.2) is 42.5 Å². The lowest BCUT2D eigenvalue weighted by atomic mass is 9.93. The van der Waals surface area contributed by atoms with Crippen LogP contribution in [0.25, 0.3) is 5.57 Å². The van der Waals surface area contributed by atoms with E-state index >= 15 is 0 Å². The molecule has 112 valence electrons. The number of carbonyl (C=O) groups is 1. The number of esters is 1. The van der Waals surface area contributed by atoms with E-state index in [-0.39, 0.29) is 0 Å². The minimum absolute atomic E-state index is 0.331. The monoisotopic (exact) mass is 318 g/mol. The third-order valence-corrected chi connectivity index (χ3v) is 3.67. The summed E-state index contributed by atoms with van der Waals surface area (Å²) in [6.45, 7) is 0.335. The molecule has 0 atom stereocenters. The standard InChI is InChI=1S/C17H12ClFO3/c1-21-17(20)10-2-5-16-14(8-10)12(6-7-22-16)13-4-3-11(18)9-15(13)19/h2-6,8-9H,7H2,1H3. The van der Waals surface area contributed by atoms with Crippen molar-refractivity contribution in [2.24, 2.45) is 0 Å². The van der Waals surface area contributed by atoms with Gasteiger partial charge < -0.3 is 9.47 Å². The molecule has 0 spiro atoms. The maximum absolute atomic E-state index is 14.2. The van der Waals surface area contributed by atoms with Gasteiger partial charge in [0.1, 0.15) is 18.2 Å². The second-order valence-electron chi connectivity index (χ2n) is 4.76. The zero-order chi connectivity index (χ0) is 15.7. The third kappa shape index (κ3) is 2.57. The molecule has 0 fully saturated rings. The maximum atomic E-state index is 14.2. The molecule has 3 rings (SSSR count). The van der Waals surface area contributed by atoms with Crippen molar-refractivity contribution in [1.82, 2.24) is 0 Å². The highest BCUT2D eigenvalue weighted by Crippen LogP contribution is 2.36. The van der Waals surface area contributed by atoms with Crippen LogP contribution in [-0.2, 0) is 4.74 Å². The van der Waals surface area contributed by atoms with E-state index in [0.29, 0.717) is 39.6 Å². The van der Waals surface area contributed by atoms with E-state index in [2.05, 4.69) is 0 Å². The summed E-state index contributed by atoms with van der Waals surface area (Å²) >= 11 is 5.80. The van der Waals surface area contributed by atoms with E-state index in [9.17, 15) is 9.18 Å². The average molecular weight is 319 g/mol. The number of hydrogen-bond donors (Lipinski definition) is 0.